The van der Waals surface area contributed by atoms with E-state index in [0.717, 1.165) is 49.2 Å². The number of hydrogen-bond donors (Lipinski definition) is 1. The Kier molecular flexibility index (Phi) is 3.85. The van der Waals surface area contributed by atoms with E-state index in [1.165, 1.54) is 12.8 Å². The van der Waals surface area contributed by atoms with Crippen LogP contribution < -0.4 is 10.2 Å². The normalized spacial score (nSPS) is 14.8. The Morgan fingerprint density at radius 3 is 2.85 bits per heavy atom. The largest absolute Gasteiger partial charge is 0.466 e. The average Bonchev–Trinajstić information content (AvgIpc) is 3.11. The van der Waals surface area contributed by atoms with Gasteiger partial charge in [0.1, 0.15) is 29.5 Å². The van der Waals surface area contributed by atoms with Gasteiger partial charge < -0.3 is 14.6 Å². The van der Waals surface area contributed by atoms with Crippen molar-refractivity contribution < 1.29 is 4.42 Å². The van der Waals surface area contributed by atoms with Gasteiger partial charge in [0.05, 0.1) is 0 Å². The van der Waals surface area contributed by atoms with E-state index >= 15 is 0 Å². The molecule has 5 heteroatoms. The van der Waals surface area contributed by atoms with E-state index < -0.39 is 0 Å². The molecule has 0 spiro atoms. The van der Waals surface area contributed by atoms with E-state index in [9.17, 15) is 0 Å². The number of furan rings is 1. The molecule has 0 amide bonds. The zero-order valence-corrected chi connectivity index (χ0v) is 11.8. The summed E-state index contributed by atoms with van der Waals surface area (Å²) in [5.41, 5.74) is 0. The van der Waals surface area contributed by atoms with Crippen LogP contribution >= 0.6 is 0 Å². The number of aryl methyl sites for hydroxylation is 1. The van der Waals surface area contributed by atoms with E-state index in [-0.39, 0.29) is 0 Å². The molecule has 3 heterocycles. The van der Waals surface area contributed by atoms with Crippen molar-refractivity contribution in [3.8, 4) is 0 Å². The van der Waals surface area contributed by atoms with E-state index in [1.54, 1.807) is 6.33 Å². The second-order valence-electron chi connectivity index (χ2n) is 5.14. The molecule has 0 saturated carbocycles. The quantitative estimate of drug-likeness (QED) is 0.906. The summed E-state index contributed by atoms with van der Waals surface area (Å²) in [6, 6.07) is 6.04. The topological polar surface area (TPSA) is 54.2 Å². The van der Waals surface area contributed by atoms with E-state index in [0.29, 0.717) is 0 Å². The van der Waals surface area contributed by atoms with E-state index in [1.807, 2.05) is 25.1 Å². The number of nitrogens with one attached hydrogen (secondary N) is 1. The maximum atomic E-state index is 5.55. The lowest BCUT2D eigenvalue weighted by atomic mass is 10.3. The molecule has 1 N–H and O–H groups in total. The molecule has 0 bridgehead atoms. The Labute approximate surface area is 119 Å². The van der Waals surface area contributed by atoms with Gasteiger partial charge in [-0.05, 0) is 31.9 Å². The fourth-order valence-corrected chi connectivity index (χ4v) is 2.50. The fraction of sp³-hybridized carbons (Fsp3) is 0.467. The molecule has 0 aromatic carbocycles. The van der Waals surface area contributed by atoms with Crippen molar-refractivity contribution in [2.75, 3.05) is 29.9 Å². The maximum absolute atomic E-state index is 5.55. The summed E-state index contributed by atoms with van der Waals surface area (Å²) in [5.74, 6) is 3.86. The first kappa shape index (κ1) is 13.0. The van der Waals surface area contributed by atoms with Crippen molar-refractivity contribution in [3.63, 3.8) is 0 Å². The van der Waals surface area contributed by atoms with Gasteiger partial charge >= 0.3 is 0 Å². The first-order chi connectivity index (χ1) is 9.81. The molecule has 1 aliphatic rings. The van der Waals surface area contributed by atoms with Crippen molar-refractivity contribution in [1.82, 2.24) is 9.97 Å². The van der Waals surface area contributed by atoms with Gasteiger partial charge in [0, 0.05) is 32.1 Å². The highest BCUT2D eigenvalue weighted by atomic mass is 16.3. The number of aromatic nitrogens is 2. The van der Waals surface area contributed by atoms with Crippen molar-refractivity contribution in [3.05, 3.63) is 36.0 Å². The summed E-state index contributed by atoms with van der Waals surface area (Å²) in [5, 5.41) is 3.33. The van der Waals surface area contributed by atoms with Crippen LogP contribution in [0.4, 0.5) is 11.6 Å². The molecule has 5 nitrogen and oxygen atoms in total. The van der Waals surface area contributed by atoms with Crippen molar-refractivity contribution in [2.24, 2.45) is 0 Å². The zero-order valence-electron chi connectivity index (χ0n) is 11.8. The van der Waals surface area contributed by atoms with E-state index in [2.05, 4.69) is 20.2 Å². The average molecular weight is 272 g/mol. The summed E-state index contributed by atoms with van der Waals surface area (Å²) < 4.78 is 5.55. The molecule has 2 aromatic rings. The molecule has 1 fully saturated rings. The monoisotopic (exact) mass is 272 g/mol. The highest BCUT2D eigenvalue weighted by Crippen LogP contribution is 2.19. The van der Waals surface area contributed by atoms with Gasteiger partial charge in [-0.25, -0.2) is 9.97 Å². The van der Waals surface area contributed by atoms with Gasteiger partial charge in [0.2, 0.25) is 0 Å². The molecular weight excluding hydrogens is 252 g/mol. The summed E-state index contributed by atoms with van der Waals surface area (Å²) in [6.45, 7) is 4.97. The van der Waals surface area contributed by atoms with Gasteiger partial charge in [-0.2, -0.15) is 0 Å². The Hall–Kier alpha value is -2.04. The number of hydrogen-bond acceptors (Lipinski definition) is 5. The third-order valence-electron chi connectivity index (χ3n) is 3.56. The van der Waals surface area contributed by atoms with Gasteiger partial charge in [-0.1, -0.05) is 0 Å². The molecule has 0 radical (unpaired) electrons. The van der Waals surface area contributed by atoms with Crippen LogP contribution in [0, 0.1) is 6.92 Å². The van der Waals surface area contributed by atoms with Crippen LogP contribution in [-0.4, -0.2) is 29.6 Å². The summed E-state index contributed by atoms with van der Waals surface area (Å²) in [4.78, 5) is 10.9. The highest BCUT2D eigenvalue weighted by molar-refractivity contribution is 5.48. The third kappa shape index (κ3) is 3.10. The highest BCUT2D eigenvalue weighted by Gasteiger charge is 2.13. The SMILES string of the molecule is Cc1ccc(CCNc2cc(N3CCCC3)ncn2)o1. The predicted molar refractivity (Wildman–Crippen MR) is 79.1 cm³/mol. The Morgan fingerprint density at radius 2 is 2.10 bits per heavy atom. The maximum Gasteiger partial charge on any atom is 0.134 e. The third-order valence-corrected chi connectivity index (χ3v) is 3.56. The first-order valence-electron chi connectivity index (χ1n) is 7.17. The molecule has 1 aliphatic heterocycles. The first-order valence-corrected chi connectivity index (χ1v) is 7.17. The molecule has 0 atom stereocenters. The lowest BCUT2D eigenvalue weighted by molar-refractivity contribution is 0.486. The lowest BCUT2D eigenvalue weighted by Crippen LogP contribution is -2.19. The minimum Gasteiger partial charge on any atom is -0.466 e. The second kappa shape index (κ2) is 5.94. The molecule has 0 aliphatic carbocycles. The Bertz CT molecular complexity index is 561. The molecular formula is C15H20N4O. The smallest absolute Gasteiger partial charge is 0.134 e. The van der Waals surface area contributed by atoms with Crippen LogP contribution in [0.1, 0.15) is 24.4 Å². The molecule has 2 aromatic heterocycles. The van der Waals surface area contributed by atoms with E-state index in [4.69, 9.17) is 4.42 Å². The van der Waals surface area contributed by atoms with Crippen LogP contribution in [0.25, 0.3) is 0 Å². The van der Waals surface area contributed by atoms with Gasteiger partial charge in [-0.3, -0.25) is 0 Å². The molecule has 3 rings (SSSR count). The molecule has 20 heavy (non-hydrogen) atoms. The van der Waals surface area contributed by atoms with Gasteiger partial charge in [-0.15, -0.1) is 0 Å². The predicted octanol–water partition coefficient (Wildman–Crippen LogP) is 2.63. The van der Waals surface area contributed by atoms with Crippen molar-refractivity contribution >= 4 is 11.6 Å². The standard InChI is InChI=1S/C15H20N4O/c1-12-4-5-13(20-12)6-7-16-14-10-15(18-11-17-14)19-8-2-3-9-19/h4-5,10-11H,2-3,6-9H2,1H3,(H,16,17,18). The Balaban J connectivity index is 1.55. The van der Waals surface area contributed by atoms with Crippen LogP contribution in [0.3, 0.4) is 0 Å². The fourth-order valence-electron chi connectivity index (χ4n) is 2.50. The Morgan fingerprint density at radius 1 is 1.25 bits per heavy atom. The van der Waals surface area contributed by atoms with Gasteiger partial charge in [0.15, 0.2) is 0 Å². The van der Waals surface area contributed by atoms with Crippen LogP contribution in [0.2, 0.25) is 0 Å². The second-order valence-corrected chi connectivity index (χ2v) is 5.14. The van der Waals surface area contributed by atoms with Crippen LogP contribution in [-0.2, 0) is 6.42 Å². The molecule has 0 unspecified atom stereocenters. The molecule has 106 valence electrons. The van der Waals surface area contributed by atoms with Crippen LogP contribution in [0.5, 0.6) is 0 Å². The number of nitrogens with zero attached hydrogens (tertiary/aromatic N) is 3. The zero-order chi connectivity index (χ0) is 13.8. The minimum absolute atomic E-state index is 0.809. The lowest BCUT2D eigenvalue weighted by Gasteiger charge is -2.16. The van der Waals surface area contributed by atoms with Crippen molar-refractivity contribution in [2.45, 2.75) is 26.2 Å². The van der Waals surface area contributed by atoms with Crippen LogP contribution in [0.15, 0.2) is 28.9 Å². The molecule has 1 saturated heterocycles. The van der Waals surface area contributed by atoms with Gasteiger partial charge in [0.25, 0.3) is 0 Å². The number of anilines is 2. The van der Waals surface area contributed by atoms with Crippen molar-refractivity contribution in [1.29, 1.82) is 0 Å². The summed E-state index contributed by atoms with van der Waals surface area (Å²) >= 11 is 0. The number of rotatable bonds is 5. The summed E-state index contributed by atoms with van der Waals surface area (Å²) in [6.07, 6.45) is 5.00. The summed E-state index contributed by atoms with van der Waals surface area (Å²) in [7, 11) is 0. The minimum atomic E-state index is 0.809.